The number of hydrogen-bond acceptors (Lipinski definition) is 6. The van der Waals surface area contributed by atoms with Gasteiger partial charge in [0.1, 0.15) is 11.9 Å². The van der Waals surface area contributed by atoms with Gasteiger partial charge in [-0.3, -0.25) is 4.98 Å². The summed E-state index contributed by atoms with van der Waals surface area (Å²) in [5, 5.41) is 6.90. The molecule has 3 heterocycles. The normalized spacial score (nSPS) is 12.0. The summed E-state index contributed by atoms with van der Waals surface area (Å²) in [5.41, 5.74) is 0.806. The van der Waals surface area contributed by atoms with Crippen LogP contribution >= 0.6 is 0 Å². The minimum Gasteiger partial charge on any atom is -0.337 e. The number of rotatable bonds is 7. The third-order valence-corrected chi connectivity index (χ3v) is 4.12. The van der Waals surface area contributed by atoms with Crippen molar-refractivity contribution in [1.82, 2.24) is 34.9 Å². The molecule has 142 valence electrons. The zero-order valence-corrected chi connectivity index (χ0v) is 15.7. The SMILES string of the molecule is CCCN(Cc1nccn1C)C(=O)N[C@H](C)c1nc(-c2ccncc2)no1. The van der Waals surface area contributed by atoms with E-state index < -0.39 is 6.04 Å². The second kappa shape index (κ2) is 8.43. The Morgan fingerprint density at radius 3 is 2.78 bits per heavy atom. The maximum absolute atomic E-state index is 12.7. The van der Waals surface area contributed by atoms with Gasteiger partial charge in [-0.15, -0.1) is 0 Å². The predicted octanol–water partition coefficient (Wildman–Crippen LogP) is 2.55. The zero-order valence-electron chi connectivity index (χ0n) is 15.7. The standard InChI is InChI=1S/C18H23N7O2/c1-4-10-25(12-15-20-9-11-24(15)3)18(26)21-13(2)17-22-16(23-27-17)14-5-7-19-8-6-14/h5-9,11,13H,4,10,12H2,1-3H3,(H,21,26)/t13-/m1/s1. The van der Waals surface area contributed by atoms with Crippen LogP contribution in [-0.4, -0.2) is 42.2 Å². The molecule has 0 bridgehead atoms. The number of amides is 2. The van der Waals surface area contributed by atoms with Crippen LogP contribution in [0, 0.1) is 0 Å². The highest BCUT2D eigenvalue weighted by Gasteiger charge is 2.21. The van der Waals surface area contributed by atoms with E-state index >= 15 is 0 Å². The first-order valence-electron chi connectivity index (χ1n) is 8.84. The number of pyridine rings is 1. The third kappa shape index (κ3) is 4.49. The lowest BCUT2D eigenvalue weighted by Gasteiger charge is -2.23. The molecule has 0 aliphatic carbocycles. The van der Waals surface area contributed by atoms with Gasteiger partial charge in [-0.1, -0.05) is 12.1 Å². The monoisotopic (exact) mass is 369 g/mol. The number of carbonyl (C=O) groups is 1. The molecule has 3 rings (SSSR count). The average Bonchev–Trinajstić information content (AvgIpc) is 3.32. The van der Waals surface area contributed by atoms with E-state index in [9.17, 15) is 4.79 Å². The van der Waals surface area contributed by atoms with Crippen molar-refractivity contribution in [3.8, 4) is 11.4 Å². The molecule has 1 atom stereocenters. The van der Waals surface area contributed by atoms with Crippen molar-refractivity contribution in [2.45, 2.75) is 32.9 Å². The number of aryl methyl sites for hydroxylation is 1. The van der Waals surface area contributed by atoms with E-state index in [2.05, 4.69) is 25.4 Å². The fraction of sp³-hybridized carbons (Fsp3) is 0.389. The van der Waals surface area contributed by atoms with Crippen LogP contribution in [-0.2, 0) is 13.6 Å². The Morgan fingerprint density at radius 1 is 1.33 bits per heavy atom. The average molecular weight is 369 g/mol. The minimum atomic E-state index is -0.415. The lowest BCUT2D eigenvalue weighted by Crippen LogP contribution is -2.41. The van der Waals surface area contributed by atoms with Gasteiger partial charge in [0.05, 0.1) is 6.54 Å². The Morgan fingerprint density at radius 2 is 2.11 bits per heavy atom. The topological polar surface area (TPSA) is 102 Å². The van der Waals surface area contributed by atoms with Crippen LogP contribution in [0.1, 0.15) is 38.0 Å². The highest BCUT2D eigenvalue weighted by molar-refractivity contribution is 5.74. The van der Waals surface area contributed by atoms with Crippen molar-refractivity contribution in [2.75, 3.05) is 6.54 Å². The molecule has 0 radical (unpaired) electrons. The van der Waals surface area contributed by atoms with Gasteiger partial charge in [-0.25, -0.2) is 9.78 Å². The molecule has 9 heteroatoms. The van der Waals surface area contributed by atoms with Crippen molar-refractivity contribution in [3.63, 3.8) is 0 Å². The number of aromatic nitrogens is 5. The fourth-order valence-corrected chi connectivity index (χ4v) is 2.61. The quantitative estimate of drug-likeness (QED) is 0.687. The number of carbonyl (C=O) groups excluding carboxylic acids is 1. The maximum Gasteiger partial charge on any atom is 0.318 e. The van der Waals surface area contributed by atoms with Gasteiger partial charge in [0.2, 0.25) is 11.7 Å². The molecule has 2 amide bonds. The van der Waals surface area contributed by atoms with Crippen LogP contribution < -0.4 is 5.32 Å². The Kier molecular flexibility index (Phi) is 5.80. The van der Waals surface area contributed by atoms with E-state index in [0.717, 1.165) is 17.8 Å². The van der Waals surface area contributed by atoms with E-state index in [-0.39, 0.29) is 6.03 Å². The lowest BCUT2D eigenvalue weighted by molar-refractivity contribution is 0.187. The Bertz CT molecular complexity index is 875. The smallest absolute Gasteiger partial charge is 0.318 e. The molecule has 0 saturated carbocycles. The summed E-state index contributed by atoms with van der Waals surface area (Å²) in [5.74, 6) is 1.64. The molecule has 3 aromatic rings. The lowest BCUT2D eigenvalue weighted by atomic mass is 10.2. The summed E-state index contributed by atoms with van der Waals surface area (Å²) in [4.78, 5) is 27.1. The molecule has 1 N–H and O–H groups in total. The van der Waals surface area contributed by atoms with E-state index in [4.69, 9.17) is 4.52 Å². The molecule has 0 aromatic carbocycles. The van der Waals surface area contributed by atoms with Gasteiger partial charge in [-0.2, -0.15) is 4.98 Å². The van der Waals surface area contributed by atoms with Gasteiger partial charge < -0.3 is 19.3 Å². The zero-order chi connectivity index (χ0) is 19.2. The van der Waals surface area contributed by atoms with Crippen molar-refractivity contribution in [1.29, 1.82) is 0 Å². The molecule has 9 nitrogen and oxygen atoms in total. The summed E-state index contributed by atoms with van der Waals surface area (Å²) in [6, 6.07) is 2.99. The molecule has 27 heavy (non-hydrogen) atoms. The predicted molar refractivity (Wildman–Crippen MR) is 98.4 cm³/mol. The summed E-state index contributed by atoms with van der Waals surface area (Å²) >= 11 is 0. The van der Waals surface area contributed by atoms with Gasteiger partial charge in [0, 0.05) is 43.9 Å². The molecule has 3 aromatic heterocycles. The minimum absolute atomic E-state index is 0.198. The Hall–Kier alpha value is -3.23. The number of imidazole rings is 1. The van der Waals surface area contributed by atoms with Crippen molar-refractivity contribution < 1.29 is 9.32 Å². The molecule has 0 saturated heterocycles. The van der Waals surface area contributed by atoms with Gasteiger partial charge in [0.25, 0.3) is 0 Å². The Labute approximate surface area is 157 Å². The van der Waals surface area contributed by atoms with Gasteiger partial charge >= 0.3 is 6.03 Å². The molecule has 0 fully saturated rings. The molecular weight excluding hydrogens is 346 g/mol. The molecule has 0 spiro atoms. The number of nitrogens with one attached hydrogen (secondary N) is 1. The molecule has 0 unspecified atom stereocenters. The van der Waals surface area contributed by atoms with E-state index in [1.54, 1.807) is 35.6 Å². The van der Waals surface area contributed by atoms with Crippen molar-refractivity contribution in [2.24, 2.45) is 7.05 Å². The van der Waals surface area contributed by atoms with Crippen molar-refractivity contribution in [3.05, 3.63) is 48.6 Å². The van der Waals surface area contributed by atoms with Gasteiger partial charge in [0.15, 0.2) is 0 Å². The van der Waals surface area contributed by atoms with Crippen LogP contribution in [0.2, 0.25) is 0 Å². The first kappa shape index (κ1) is 18.6. The summed E-state index contributed by atoms with van der Waals surface area (Å²) in [7, 11) is 1.91. The van der Waals surface area contributed by atoms with Crippen molar-refractivity contribution >= 4 is 6.03 Å². The Balaban J connectivity index is 1.66. The summed E-state index contributed by atoms with van der Waals surface area (Å²) in [6.45, 7) is 4.90. The van der Waals surface area contributed by atoms with E-state index in [0.29, 0.717) is 24.8 Å². The second-order valence-electron chi connectivity index (χ2n) is 6.24. The molecule has 0 aliphatic heterocycles. The first-order valence-corrected chi connectivity index (χ1v) is 8.84. The molecular formula is C18H23N7O2. The number of nitrogens with zero attached hydrogens (tertiary/aromatic N) is 6. The third-order valence-electron chi connectivity index (χ3n) is 4.12. The summed E-state index contributed by atoms with van der Waals surface area (Å²) in [6.07, 6.45) is 7.75. The van der Waals surface area contributed by atoms with Crippen LogP contribution in [0.25, 0.3) is 11.4 Å². The highest BCUT2D eigenvalue weighted by atomic mass is 16.5. The van der Waals surface area contributed by atoms with E-state index in [1.807, 2.05) is 31.7 Å². The van der Waals surface area contributed by atoms with Gasteiger partial charge in [-0.05, 0) is 25.5 Å². The van der Waals surface area contributed by atoms with Crippen LogP contribution in [0.5, 0.6) is 0 Å². The highest BCUT2D eigenvalue weighted by Crippen LogP contribution is 2.18. The number of urea groups is 1. The largest absolute Gasteiger partial charge is 0.337 e. The summed E-state index contributed by atoms with van der Waals surface area (Å²) < 4.78 is 7.22. The fourth-order valence-electron chi connectivity index (χ4n) is 2.61. The van der Waals surface area contributed by atoms with Crippen LogP contribution in [0.15, 0.2) is 41.4 Å². The molecule has 0 aliphatic rings. The second-order valence-corrected chi connectivity index (χ2v) is 6.24. The van der Waals surface area contributed by atoms with Crippen LogP contribution in [0.4, 0.5) is 4.79 Å². The maximum atomic E-state index is 12.7. The van der Waals surface area contributed by atoms with E-state index in [1.165, 1.54) is 0 Å². The number of hydrogen-bond donors (Lipinski definition) is 1. The first-order chi connectivity index (χ1) is 13.1. The van der Waals surface area contributed by atoms with Crippen LogP contribution in [0.3, 0.4) is 0 Å².